The van der Waals surface area contributed by atoms with Gasteiger partial charge in [-0.3, -0.25) is 9.59 Å². The minimum Gasteiger partial charge on any atom is -0.507 e. The second-order valence-corrected chi connectivity index (χ2v) is 13.1. The summed E-state index contributed by atoms with van der Waals surface area (Å²) in [4.78, 5) is 27.2. The van der Waals surface area contributed by atoms with E-state index in [9.17, 15) is 35.1 Å². The minimum atomic E-state index is -1.54. The summed E-state index contributed by atoms with van der Waals surface area (Å²) in [6.07, 6.45) is 1.31. The number of phenolic OH excluding ortho intramolecular Hbond substituents is 4. The third-order valence-corrected chi connectivity index (χ3v) is 8.74. The smallest absolute Gasteiger partial charge is 0.204 e. The molecule has 6 aromatic rings. The van der Waals surface area contributed by atoms with Gasteiger partial charge in [0.05, 0.1) is 27.5 Å². The Labute approximate surface area is 269 Å². The monoisotopic (exact) mass is 652 g/mol. The zero-order valence-electron chi connectivity index (χ0n) is 25.9. The van der Waals surface area contributed by atoms with Gasteiger partial charge in [0.15, 0.2) is 34.7 Å². The fourth-order valence-electron chi connectivity index (χ4n) is 6.44. The fraction of sp³-hybridized carbons (Fsp3) is 0.222. The molecule has 8 rings (SSSR count). The molecule has 0 spiro atoms. The third-order valence-electron chi connectivity index (χ3n) is 8.74. The van der Waals surface area contributed by atoms with E-state index in [1.807, 2.05) is 19.9 Å². The molecule has 4 aromatic carbocycles. The van der Waals surface area contributed by atoms with Crippen molar-refractivity contribution in [1.82, 2.24) is 0 Å². The highest BCUT2D eigenvalue weighted by Crippen LogP contribution is 2.50. The number of phenols is 4. The first-order valence-corrected chi connectivity index (χ1v) is 15.0. The summed E-state index contributed by atoms with van der Waals surface area (Å²) in [5.74, 6) is -1.38. The van der Waals surface area contributed by atoms with E-state index in [1.54, 1.807) is 6.08 Å². The van der Waals surface area contributed by atoms with Gasteiger partial charge in [0.2, 0.25) is 16.6 Å². The third kappa shape index (κ3) is 4.19. The van der Waals surface area contributed by atoms with E-state index in [0.29, 0.717) is 11.3 Å². The van der Waals surface area contributed by atoms with Gasteiger partial charge in [0, 0.05) is 18.2 Å². The maximum Gasteiger partial charge on any atom is 0.204 e. The van der Waals surface area contributed by atoms with Crippen LogP contribution in [0.1, 0.15) is 44.9 Å². The summed E-state index contributed by atoms with van der Waals surface area (Å²) in [7, 11) is 0. The Kier molecular flexibility index (Phi) is 5.89. The van der Waals surface area contributed by atoms with Gasteiger partial charge in [-0.1, -0.05) is 0 Å². The van der Waals surface area contributed by atoms with Gasteiger partial charge >= 0.3 is 0 Å². The second-order valence-electron chi connectivity index (χ2n) is 13.1. The number of benzene rings is 4. The number of aliphatic hydroxyl groups is 1. The topological polar surface area (TPSA) is 189 Å². The Morgan fingerprint density at radius 1 is 0.792 bits per heavy atom. The SMILES string of the molecule is CC1(C)C=Cc2c(cc(O)c3c(=O)c4ccc(O[C@@H]5c6c(cc(O)c7c(=O)c8ccc(O)c(O)c8oc67)OC5C(C)(C)O)cc4oc23)O1. The number of ether oxygens (including phenoxy) is 3. The molecule has 12 heteroatoms. The summed E-state index contributed by atoms with van der Waals surface area (Å²) in [5.41, 5.74) is -2.97. The van der Waals surface area contributed by atoms with E-state index in [2.05, 4.69) is 0 Å². The summed E-state index contributed by atoms with van der Waals surface area (Å²) in [5, 5.41) is 53.3. The molecule has 48 heavy (non-hydrogen) atoms. The predicted molar refractivity (Wildman–Crippen MR) is 174 cm³/mol. The lowest BCUT2D eigenvalue weighted by Gasteiger charge is -2.30. The summed E-state index contributed by atoms with van der Waals surface area (Å²) >= 11 is 0. The van der Waals surface area contributed by atoms with Crippen molar-refractivity contribution in [3.8, 4) is 40.2 Å². The molecule has 0 saturated carbocycles. The Morgan fingerprint density at radius 2 is 1.46 bits per heavy atom. The van der Waals surface area contributed by atoms with Crippen molar-refractivity contribution >= 4 is 50.0 Å². The Balaban J connectivity index is 1.33. The maximum atomic E-state index is 13.6. The average molecular weight is 653 g/mol. The van der Waals surface area contributed by atoms with Crippen LogP contribution >= 0.6 is 0 Å². The highest BCUT2D eigenvalue weighted by atomic mass is 16.6. The summed E-state index contributed by atoms with van der Waals surface area (Å²) < 4.78 is 30.7. The number of fused-ring (bicyclic) bond motifs is 8. The highest BCUT2D eigenvalue weighted by molar-refractivity contribution is 6.00. The Bertz CT molecular complexity index is 2550. The molecule has 1 unspecified atom stereocenters. The van der Waals surface area contributed by atoms with E-state index in [1.165, 1.54) is 50.2 Å². The van der Waals surface area contributed by atoms with Crippen molar-refractivity contribution in [3.63, 3.8) is 0 Å². The highest BCUT2D eigenvalue weighted by Gasteiger charge is 2.47. The molecule has 0 aliphatic carbocycles. The molecule has 4 heterocycles. The second kappa shape index (κ2) is 9.58. The van der Waals surface area contributed by atoms with Crippen LogP contribution in [0.5, 0.6) is 40.2 Å². The van der Waals surface area contributed by atoms with Crippen LogP contribution in [0.15, 0.2) is 67.0 Å². The molecule has 0 saturated heterocycles. The molecule has 2 aliphatic rings. The maximum absolute atomic E-state index is 13.6. The zero-order valence-corrected chi connectivity index (χ0v) is 25.9. The lowest BCUT2D eigenvalue weighted by atomic mass is 9.93. The molecule has 2 aromatic heterocycles. The van der Waals surface area contributed by atoms with Crippen molar-refractivity contribution in [2.45, 2.75) is 51.1 Å². The largest absolute Gasteiger partial charge is 0.507 e. The molecule has 0 amide bonds. The first kappa shape index (κ1) is 29.5. The van der Waals surface area contributed by atoms with Gasteiger partial charge in [0.1, 0.15) is 50.7 Å². The van der Waals surface area contributed by atoms with Crippen LogP contribution in [0.3, 0.4) is 0 Å². The molecular weight excluding hydrogens is 624 g/mol. The van der Waals surface area contributed by atoms with Crippen molar-refractivity contribution in [2.24, 2.45) is 0 Å². The lowest BCUT2D eigenvalue weighted by molar-refractivity contribution is -0.0689. The minimum absolute atomic E-state index is 0.00842. The number of hydrogen-bond acceptors (Lipinski definition) is 12. The van der Waals surface area contributed by atoms with E-state index >= 15 is 0 Å². The van der Waals surface area contributed by atoms with E-state index in [0.717, 1.165) is 6.07 Å². The van der Waals surface area contributed by atoms with Crippen molar-refractivity contribution in [1.29, 1.82) is 0 Å². The first-order chi connectivity index (χ1) is 22.6. The molecule has 0 bridgehead atoms. The van der Waals surface area contributed by atoms with E-state index in [-0.39, 0.29) is 66.7 Å². The van der Waals surface area contributed by atoms with E-state index < -0.39 is 51.5 Å². The van der Waals surface area contributed by atoms with Crippen molar-refractivity contribution in [2.75, 3.05) is 0 Å². The van der Waals surface area contributed by atoms with Crippen LogP contribution < -0.4 is 25.1 Å². The van der Waals surface area contributed by atoms with Crippen LogP contribution in [-0.2, 0) is 0 Å². The summed E-state index contributed by atoms with van der Waals surface area (Å²) in [6.45, 7) is 6.69. The number of aromatic hydroxyl groups is 4. The van der Waals surface area contributed by atoms with Crippen molar-refractivity contribution in [3.05, 3.63) is 80.1 Å². The van der Waals surface area contributed by atoms with Gasteiger partial charge in [-0.2, -0.15) is 0 Å². The lowest BCUT2D eigenvalue weighted by Crippen LogP contribution is -2.43. The molecule has 12 nitrogen and oxygen atoms in total. The molecule has 5 N–H and O–H groups in total. The van der Waals surface area contributed by atoms with Crippen LogP contribution in [-0.4, -0.2) is 42.8 Å². The van der Waals surface area contributed by atoms with Gasteiger partial charge in [-0.05, 0) is 64.1 Å². The number of hydrogen-bond donors (Lipinski definition) is 5. The Hall–Kier alpha value is -5.88. The van der Waals surface area contributed by atoms with Crippen LogP contribution in [0, 0.1) is 0 Å². The first-order valence-electron chi connectivity index (χ1n) is 15.0. The Morgan fingerprint density at radius 3 is 2.19 bits per heavy atom. The summed E-state index contributed by atoms with van der Waals surface area (Å²) in [6, 6.07) is 9.46. The van der Waals surface area contributed by atoms with Crippen molar-refractivity contribution < 1.29 is 48.6 Å². The van der Waals surface area contributed by atoms with Crippen LogP contribution in [0.2, 0.25) is 0 Å². The van der Waals surface area contributed by atoms with Gasteiger partial charge in [-0.25, -0.2) is 0 Å². The predicted octanol–water partition coefficient (Wildman–Crippen LogP) is 5.86. The van der Waals surface area contributed by atoms with Crippen LogP contribution in [0.4, 0.5) is 0 Å². The number of rotatable bonds is 3. The van der Waals surface area contributed by atoms with Gasteiger partial charge in [-0.15, -0.1) is 0 Å². The van der Waals surface area contributed by atoms with Gasteiger partial charge < -0.3 is 48.6 Å². The molecule has 0 fully saturated rings. The molecule has 0 radical (unpaired) electrons. The fourth-order valence-corrected chi connectivity index (χ4v) is 6.44. The van der Waals surface area contributed by atoms with E-state index in [4.69, 9.17) is 23.0 Å². The van der Waals surface area contributed by atoms with Gasteiger partial charge in [0.25, 0.3) is 0 Å². The molecule has 2 atom stereocenters. The normalized spacial score (nSPS) is 18.2. The van der Waals surface area contributed by atoms with Crippen LogP contribution in [0.25, 0.3) is 50.0 Å². The standard InChI is InChI=1S/C36H28O12/c1-35(2)10-9-16-22(48-35)12-19(38)24-27(40)15-6-5-14(11-21(15)45-30(16)24)44-33-26-23(46-34(33)36(3,4)43)13-20(39)25-28(41)17-7-8-18(37)29(42)31(17)47-32(25)26/h5-13,33-34,37-39,42-43H,1-4H3/t33-,34?/m1/s1. The molecule has 244 valence electrons. The quantitative estimate of drug-likeness (QED) is 0.113. The molecule has 2 aliphatic heterocycles. The average Bonchev–Trinajstić information content (AvgIpc) is 3.37. The zero-order chi connectivity index (χ0) is 34.0. The molecular formula is C36H28O12.